The molecule has 0 bridgehead atoms. The van der Waals surface area contributed by atoms with E-state index < -0.39 is 11.6 Å². The molecule has 0 aliphatic carbocycles. The van der Waals surface area contributed by atoms with Crippen LogP contribution in [-0.4, -0.2) is 23.9 Å². The molecule has 0 aliphatic heterocycles. The van der Waals surface area contributed by atoms with Gasteiger partial charge >= 0.3 is 0 Å². The zero-order valence-electron chi connectivity index (χ0n) is 11.3. The summed E-state index contributed by atoms with van der Waals surface area (Å²) in [7, 11) is 0. The van der Waals surface area contributed by atoms with Crippen LogP contribution in [0.3, 0.4) is 0 Å². The van der Waals surface area contributed by atoms with Crippen LogP contribution in [0, 0.1) is 11.6 Å². The lowest BCUT2D eigenvalue weighted by Gasteiger charge is -2.18. The number of halogens is 2. The van der Waals surface area contributed by atoms with Gasteiger partial charge in [-0.25, -0.2) is 8.78 Å². The lowest BCUT2D eigenvalue weighted by Crippen LogP contribution is -2.30. The Morgan fingerprint density at radius 2 is 1.75 bits per heavy atom. The van der Waals surface area contributed by atoms with Crippen molar-refractivity contribution in [2.75, 3.05) is 13.1 Å². The molecule has 5 heteroatoms. The maximum atomic E-state index is 13.3. The van der Waals surface area contributed by atoms with Crippen LogP contribution in [0.2, 0.25) is 0 Å². The first-order valence-corrected chi connectivity index (χ1v) is 6.40. The van der Waals surface area contributed by atoms with E-state index in [9.17, 15) is 13.6 Å². The highest BCUT2D eigenvalue weighted by molar-refractivity contribution is 5.99. The molecule has 2 aromatic rings. The molecular formula is C15H15F2NO2. The van der Waals surface area contributed by atoms with E-state index in [1.807, 2.05) is 13.8 Å². The monoisotopic (exact) mass is 279 g/mol. The van der Waals surface area contributed by atoms with E-state index in [2.05, 4.69) is 0 Å². The minimum atomic E-state index is -0.711. The van der Waals surface area contributed by atoms with Gasteiger partial charge in [0.1, 0.15) is 17.4 Å². The summed E-state index contributed by atoms with van der Waals surface area (Å²) in [6.45, 7) is 4.83. The lowest BCUT2D eigenvalue weighted by molar-refractivity contribution is 0.0773. The number of hydrogen-bond acceptors (Lipinski definition) is 2. The number of amides is 1. The number of carbonyl (C=O) groups is 1. The SMILES string of the molecule is CCN(CC)C(=O)c1ccoc1-c1cc(F)cc(F)c1. The molecule has 1 aromatic heterocycles. The van der Waals surface area contributed by atoms with E-state index in [1.54, 1.807) is 4.90 Å². The maximum Gasteiger partial charge on any atom is 0.257 e. The Kier molecular flexibility index (Phi) is 4.17. The highest BCUT2D eigenvalue weighted by Gasteiger charge is 2.20. The van der Waals surface area contributed by atoms with Gasteiger partial charge in [-0.3, -0.25) is 4.79 Å². The van der Waals surface area contributed by atoms with Crippen LogP contribution in [0.1, 0.15) is 24.2 Å². The van der Waals surface area contributed by atoms with Gasteiger partial charge in [0.2, 0.25) is 0 Å². The van der Waals surface area contributed by atoms with E-state index in [-0.39, 0.29) is 17.2 Å². The molecule has 2 rings (SSSR count). The van der Waals surface area contributed by atoms with E-state index in [4.69, 9.17) is 4.42 Å². The fraction of sp³-hybridized carbons (Fsp3) is 0.267. The molecule has 0 aliphatic rings. The third kappa shape index (κ3) is 2.71. The zero-order valence-corrected chi connectivity index (χ0v) is 11.3. The Balaban J connectivity index is 2.45. The molecule has 1 aromatic carbocycles. The Labute approximate surface area is 115 Å². The summed E-state index contributed by atoms with van der Waals surface area (Å²) < 4.78 is 31.8. The fourth-order valence-electron chi connectivity index (χ4n) is 2.07. The predicted octanol–water partition coefficient (Wildman–Crippen LogP) is 3.71. The first kappa shape index (κ1) is 14.2. The quantitative estimate of drug-likeness (QED) is 0.855. The third-order valence-corrected chi connectivity index (χ3v) is 3.07. The molecule has 0 fully saturated rings. The van der Waals surface area contributed by atoms with E-state index >= 15 is 0 Å². The van der Waals surface area contributed by atoms with Gasteiger partial charge < -0.3 is 9.32 Å². The second kappa shape index (κ2) is 5.86. The number of carbonyl (C=O) groups excluding carboxylic acids is 1. The Bertz CT molecular complexity index is 598. The number of rotatable bonds is 4. The average molecular weight is 279 g/mol. The second-order valence-electron chi connectivity index (χ2n) is 4.30. The van der Waals surface area contributed by atoms with Gasteiger partial charge in [-0.1, -0.05) is 0 Å². The third-order valence-electron chi connectivity index (χ3n) is 3.07. The molecule has 1 amide bonds. The van der Waals surface area contributed by atoms with Crippen molar-refractivity contribution in [2.45, 2.75) is 13.8 Å². The Hall–Kier alpha value is -2.17. The molecule has 0 radical (unpaired) electrons. The summed E-state index contributed by atoms with van der Waals surface area (Å²) in [4.78, 5) is 13.9. The van der Waals surface area contributed by atoms with E-state index in [0.717, 1.165) is 18.2 Å². The molecule has 0 unspecified atom stereocenters. The van der Waals surface area contributed by atoms with Gasteiger partial charge in [-0.2, -0.15) is 0 Å². The van der Waals surface area contributed by atoms with Crippen LogP contribution in [0.25, 0.3) is 11.3 Å². The highest BCUT2D eigenvalue weighted by atomic mass is 19.1. The summed E-state index contributed by atoms with van der Waals surface area (Å²) in [6.07, 6.45) is 1.34. The van der Waals surface area contributed by atoms with E-state index in [0.29, 0.717) is 18.7 Å². The molecule has 0 saturated heterocycles. The van der Waals surface area contributed by atoms with Crippen LogP contribution in [0.15, 0.2) is 34.9 Å². The summed E-state index contributed by atoms with van der Waals surface area (Å²) in [5.74, 6) is -1.46. The molecule has 0 N–H and O–H groups in total. The molecular weight excluding hydrogens is 264 g/mol. The van der Waals surface area contributed by atoms with Gasteiger partial charge in [0.05, 0.1) is 11.8 Å². The van der Waals surface area contributed by atoms with Crippen LogP contribution in [-0.2, 0) is 0 Å². The summed E-state index contributed by atoms with van der Waals surface area (Å²) in [6, 6.07) is 4.57. The van der Waals surface area contributed by atoms with Crippen molar-refractivity contribution in [1.29, 1.82) is 0 Å². The summed E-state index contributed by atoms with van der Waals surface area (Å²) in [5.41, 5.74) is 0.515. The van der Waals surface area contributed by atoms with Crippen LogP contribution >= 0.6 is 0 Å². The summed E-state index contributed by atoms with van der Waals surface area (Å²) >= 11 is 0. The molecule has 106 valence electrons. The molecule has 0 spiro atoms. The molecule has 1 heterocycles. The van der Waals surface area contributed by atoms with Gasteiger partial charge in [0.25, 0.3) is 5.91 Å². The predicted molar refractivity (Wildman–Crippen MR) is 71.3 cm³/mol. The zero-order chi connectivity index (χ0) is 14.7. The molecule has 20 heavy (non-hydrogen) atoms. The van der Waals surface area contributed by atoms with Crippen molar-refractivity contribution in [3.8, 4) is 11.3 Å². The molecule has 3 nitrogen and oxygen atoms in total. The van der Waals surface area contributed by atoms with Crippen molar-refractivity contribution >= 4 is 5.91 Å². The fourth-order valence-corrected chi connectivity index (χ4v) is 2.07. The number of hydrogen-bond donors (Lipinski definition) is 0. The highest BCUT2D eigenvalue weighted by Crippen LogP contribution is 2.27. The largest absolute Gasteiger partial charge is 0.463 e. The number of nitrogens with zero attached hydrogens (tertiary/aromatic N) is 1. The van der Waals surface area contributed by atoms with Crippen LogP contribution in [0.4, 0.5) is 8.78 Å². The second-order valence-corrected chi connectivity index (χ2v) is 4.30. The number of benzene rings is 1. The van der Waals surface area contributed by atoms with Crippen LogP contribution in [0.5, 0.6) is 0 Å². The van der Waals surface area contributed by atoms with Crippen LogP contribution < -0.4 is 0 Å². The normalized spacial score (nSPS) is 10.6. The first-order valence-electron chi connectivity index (χ1n) is 6.40. The number of furan rings is 1. The van der Waals surface area contributed by atoms with Gasteiger partial charge in [-0.15, -0.1) is 0 Å². The van der Waals surface area contributed by atoms with Crippen molar-refractivity contribution in [2.24, 2.45) is 0 Å². The first-order chi connectivity index (χ1) is 9.56. The van der Waals surface area contributed by atoms with E-state index in [1.165, 1.54) is 12.3 Å². The van der Waals surface area contributed by atoms with Gasteiger partial charge in [0, 0.05) is 24.7 Å². The minimum absolute atomic E-state index is 0.181. The average Bonchev–Trinajstić information content (AvgIpc) is 2.88. The lowest BCUT2D eigenvalue weighted by atomic mass is 10.1. The van der Waals surface area contributed by atoms with Gasteiger partial charge in [0.15, 0.2) is 0 Å². The van der Waals surface area contributed by atoms with Gasteiger partial charge in [-0.05, 0) is 32.0 Å². The topological polar surface area (TPSA) is 33.5 Å². The minimum Gasteiger partial charge on any atom is -0.463 e. The van der Waals surface area contributed by atoms with Crippen molar-refractivity contribution in [1.82, 2.24) is 4.90 Å². The van der Waals surface area contributed by atoms with Crippen molar-refractivity contribution in [3.05, 3.63) is 47.7 Å². The maximum absolute atomic E-state index is 13.3. The molecule has 0 atom stereocenters. The molecule has 0 saturated carbocycles. The van der Waals surface area contributed by atoms with Crippen molar-refractivity contribution in [3.63, 3.8) is 0 Å². The smallest absolute Gasteiger partial charge is 0.257 e. The standard InChI is InChI=1S/C15H15F2NO2/c1-3-18(4-2)15(19)13-5-6-20-14(13)10-7-11(16)9-12(17)8-10/h5-9H,3-4H2,1-2H3. The summed E-state index contributed by atoms with van der Waals surface area (Å²) in [5, 5.41) is 0. The Morgan fingerprint density at radius 3 is 2.30 bits per heavy atom. The Morgan fingerprint density at radius 1 is 1.15 bits per heavy atom. The van der Waals surface area contributed by atoms with Crippen molar-refractivity contribution < 1.29 is 18.0 Å².